The number of anilines is 1. The smallest absolute Gasteiger partial charge is 0.338 e. The second-order valence-corrected chi connectivity index (χ2v) is 6.29. The third-order valence-corrected chi connectivity index (χ3v) is 4.16. The maximum Gasteiger partial charge on any atom is 0.418 e. The predicted molar refractivity (Wildman–Crippen MR) is 105 cm³/mol. The van der Waals surface area contributed by atoms with E-state index in [0.29, 0.717) is 12.1 Å². The molecule has 2 amide bonds. The van der Waals surface area contributed by atoms with Gasteiger partial charge < -0.3 is 10.6 Å². The van der Waals surface area contributed by atoms with Crippen molar-refractivity contribution in [3.8, 4) is 11.3 Å². The highest BCUT2D eigenvalue weighted by Crippen LogP contribution is 2.34. The average molecular weight is 417 g/mol. The number of aromatic nitrogens is 3. The first-order chi connectivity index (χ1) is 14.3. The van der Waals surface area contributed by atoms with Gasteiger partial charge in [-0.2, -0.15) is 18.3 Å². The van der Waals surface area contributed by atoms with Crippen molar-refractivity contribution in [2.75, 3.05) is 11.9 Å². The summed E-state index contributed by atoms with van der Waals surface area (Å²) in [6, 6.07) is 10.5. The van der Waals surface area contributed by atoms with Crippen LogP contribution in [0.5, 0.6) is 0 Å². The van der Waals surface area contributed by atoms with Crippen LogP contribution in [-0.2, 0) is 12.7 Å². The van der Waals surface area contributed by atoms with E-state index in [2.05, 4.69) is 20.7 Å². The van der Waals surface area contributed by atoms with Crippen LogP contribution in [0.25, 0.3) is 11.3 Å². The zero-order valence-electron chi connectivity index (χ0n) is 15.7. The van der Waals surface area contributed by atoms with Crippen molar-refractivity contribution in [1.29, 1.82) is 0 Å². The van der Waals surface area contributed by atoms with Gasteiger partial charge in [-0.1, -0.05) is 12.1 Å². The lowest BCUT2D eigenvalue weighted by molar-refractivity contribution is -0.136. The van der Waals surface area contributed by atoms with Crippen LogP contribution >= 0.6 is 0 Å². The van der Waals surface area contributed by atoms with Crippen LogP contribution in [0.1, 0.15) is 12.0 Å². The highest BCUT2D eigenvalue weighted by molar-refractivity contribution is 5.90. The zero-order valence-corrected chi connectivity index (χ0v) is 15.7. The largest absolute Gasteiger partial charge is 0.418 e. The molecule has 7 nitrogen and oxygen atoms in total. The van der Waals surface area contributed by atoms with Gasteiger partial charge in [-0.15, -0.1) is 0 Å². The molecule has 0 atom stereocenters. The van der Waals surface area contributed by atoms with Gasteiger partial charge in [-0.25, -0.2) is 9.48 Å². The summed E-state index contributed by atoms with van der Waals surface area (Å²) in [4.78, 5) is 27.8. The molecular formula is C20H18F3N5O2. The van der Waals surface area contributed by atoms with Crippen LogP contribution in [-0.4, -0.2) is 27.3 Å². The Morgan fingerprint density at radius 2 is 1.77 bits per heavy atom. The number of nitrogens with zero attached hydrogens (tertiary/aromatic N) is 3. The van der Waals surface area contributed by atoms with Crippen molar-refractivity contribution < 1.29 is 18.0 Å². The molecule has 2 N–H and O–H groups in total. The van der Waals surface area contributed by atoms with Gasteiger partial charge in [0.1, 0.15) is 0 Å². The highest BCUT2D eigenvalue weighted by atomic mass is 19.4. The number of benzene rings is 1. The number of halogens is 3. The van der Waals surface area contributed by atoms with E-state index >= 15 is 0 Å². The van der Waals surface area contributed by atoms with E-state index in [0.717, 1.165) is 11.6 Å². The van der Waals surface area contributed by atoms with E-state index in [4.69, 9.17) is 0 Å². The maximum absolute atomic E-state index is 13.0. The average Bonchev–Trinajstić information content (AvgIpc) is 2.72. The first kappa shape index (κ1) is 21.0. The van der Waals surface area contributed by atoms with Crippen molar-refractivity contribution in [2.24, 2.45) is 0 Å². The molecule has 0 saturated carbocycles. The van der Waals surface area contributed by atoms with Gasteiger partial charge in [0, 0.05) is 37.1 Å². The van der Waals surface area contributed by atoms with E-state index in [-0.39, 0.29) is 24.3 Å². The number of urea groups is 1. The monoisotopic (exact) mass is 417 g/mol. The van der Waals surface area contributed by atoms with Crippen LogP contribution in [0.2, 0.25) is 0 Å². The van der Waals surface area contributed by atoms with E-state index in [1.54, 1.807) is 30.6 Å². The Morgan fingerprint density at radius 3 is 2.50 bits per heavy atom. The second kappa shape index (κ2) is 9.21. The summed E-state index contributed by atoms with van der Waals surface area (Å²) in [7, 11) is 0. The Hall–Kier alpha value is -3.69. The molecule has 0 bridgehead atoms. The van der Waals surface area contributed by atoms with Crippen LogP contribution in [0, 0.1) is 0 Å². The number of alkyl halides is 3. The molecule has 10 heteroatoms. The maximum atomic E-state index is 13.0. The van der Waals surface area contributed by atoms with Gasteiger partial charge in [0.15, 0.2) is 0 Å². The minimum absolute atomic E-state index is 0.146. The van der Waals surface area contributed by atoms with Crippen LogP contribution in [0.4, 0.5) is 23.7 Å². The number of hydrogen-bond acceptors (Lipinski definition) is 4. The predicted octanol–water partition coefficient (Wildman–Crippen LogP) is 3.54. The number of hydrogen-bond donors (Lipinski definition) is 2. The molecule has 0 spiro atoms. The van der Waals surface area contributed by atoms with E-state index in [1.807, 2.05) is 0 Å². The van der Waals surface area contributed by atoms with Crippen molar-refractivity contribution in [3.63, 3.8) is 0 Å². The molecule has 0 aliphatic heterocycles. The zero-order chi connectivity index (χ0) is 21.6. The quantitative estimate of drug-likeness (QED) is 0.601. The molecule has 0 unspecified atom stereocenters. The summed E-state index contributed by atoms with van der Waals surface area (Å²) in [5.74, 6) is 0. The number of amides is 2. The molecule has 0 aliphatic carbocycles. The molecule has 0 saturated heterocycles. The lowest BCUT2D eigenvalue weighted by Gasteiger charge is -2.14. The fraction of sp³-hybridized carbons (Fsp3) is 0.200. The van der Waals surface area contributed by atoms with Crippen LogP contribution in [0.15, 0.2) is 65.7 Å². The Morgan fingerprint density at radius 1 is 1.03 bits per heavy atom. The summed E-state index contributed by atoms with van der Waals surface area (Å²) in [6.45, 7) is 0.380. The van der Waals surface area contributed by atoms with Crippen molar-refractivity contribution >= 4 is 11.7 Å². The molecule has 2 aromatic heterocycles. The second-order valence-electron chi connectivity index (χ2n) is 6.29. The number of carbonyl (C=O) groups excluding carboxylic acids is 1. The molecule has 30 heavy (non-hydrogen) atoms. The van der Waals surface area contributed by atoms with Gasteiger partial charge >= 0.3 is 12.2 Å². The van der Waals surface area contributed by atoms with Crippen molar-refractivity contribution in [1.82, 2.24) is 20.1 Å². The van der Waals surface area contributed by atoms with Crippen molar-refractivity contribution in [3.05, 3.63) is 76.8 Å². The molecule has 0 radical (unpaired) electrons. The standard InChI is InChI=1S/C20H18F3N5O2/c21-20(22,23)15-4-1-2-5-17(15)26-19(30)25-10-3-13-28-18(29)7-6-16(27-28)14-8-11-24-12-9-14/h1-2,4-9,11-12H,3,10,13H2,(H2,25,26,30). The molecule has 2 heterocycles. The molecular weight excluding hydrogens is 399 g/mol. The first-order valence-electron chi connectivity index (χ1n) is 9.04. The summed E-state index contributed by atoms with van der Waals surface area (Å²) >= 11 is 0. The lowest BCUT2D eigenvalue weighted by atomic mass is 10.1. The summed E-state index contributed by atoms with van der Waals surface area (Å²) in [6.07, 6.45) is -0.977. The highest BCUT2D eigenvalue weighted by Gasteiger charge is 2.33. The van der Waals surface area contributed by atoms with Gasteiger partial charge in [0.25, 0.3) is 5.56 Å². The minimum atomic E-state index is -4.57. The number of para-hydroxylation sites is 1. The Labute approximate surface area is 169 Å². The Kier molecular flexibility index (Phi) is 6.45. The van der Waals surface area contributed by atoms with Crippen molar-refractivity contribution in [2.45, 2.75) is 19.1 Å². The fourth-order valence-electron chi connectivity index (χ4n) is 2.72. The van der Waals surface area contributed by atoms with Crippen LogP contribution < -0.4 is 16.2 Å². The van der Waals surface area contributed by atoms with Crippen LogP contribution in [0.3, 0.4) is 0 Å². The summed E-state index contributed by atoms with van der Waals surface area (Å²) in [5, 5.41) is 8.96. The Balaban J connectivity index is 1.55. The number of rotatable bonds is 6. The third kappa shape index (κ3) is 5.43. The van der Waals surface area contributed by atoms with Gasteiger partial charge in [0.05, 0.1) is 16.9 Å². The third-order valence-electron chi connectivity index (χ3n) is 4.16. The van der Waals surface area contributed by atoms with E-state index < -0.39 is 17.8 Å². The summed E-state index contributed by atoms with van der Waals surface area (Å²) in [5.41, 5.74) is -0.142. The Bertz CT molecular complexity index is 1070. The molecule has 3 aromatic rings. The fourth-order valence-corrected chi connectivity index (χ4v) is 2.72. The van der Waals surface area contributed by atoms with E-state index in [1.165, 1.54) is 28.9 Å². The molecule has 3 rings (SSSR count). The van der Waals surface area contributed by atoms with E-state index in [9.17, 15) is 22.8 Å². The number of pyridine rings is 1. The lowest BCUT2D eigenvalue weighted by Crippen LogP contribution is -2.32. The minimum Gasteiger partial charge on any atom is -0.338 e. The van der Waals surface area contributed by atoms with Gasteiger partial charge in [-0.3, -0.25) is 9.78 Å². The number of nitrogens with one attached hydrogen (secondary N) is 2. The molecule has 0 aliphatic rings. The summed E-state index contributed by atoms with van der Waals surface area (Å²) < 4.78 is 40.2. The topological polar surface area (TPSA) is 88.9 Å². The SMILES string of the molecule is O=C(NCCCn1nc(-c2ccncc2)ccc1=O)Nc1ccccc1C(F)(F)F. The molecule has 156 valence electrons. The number of carbonyl (C=O) groups is 1. The molecule has 1 aromatic carbocycles. The normalized spacial score (nSPS) is 11.2. The van der Waals surface area contributed by atoms with Gasteiger partial charge in [-0.05, 0) is 36.8 Å². The first-order valence-corrected chi connectivity index (χ1v) is 9.04. The molecule has 0 fully saturated rings. The van der Waals surface area contributed by atoms with Gasteiger partial charge in [0.2, 0.25) is 0 Å². The number of aryl methyl sites for hydroxylation is 1.